The summed E-state index contributed by atoms with van der Waals surface area (Å²) >= 11 is 0. The number of phenols is 1. The molecule has 1 aliphatic heterocycles. The van der Waals surface area contributed by atoms with Crippen molar-refractivity contribution in [3.05, 3.63) is 36.0 Å². The first-order chi connectivity index (χ1) is 16.6. The summed E-state index contributed by atoms with van der Waals surface area (Å²) in [6, 6.07) is 7.98. The molecule has 0 unspecified atom stereocenters. The van der Waals surface area contributed by atoms with E-state index in [4.69, 9.17) is 9.47 Å². The Bertz CT molecular complexity index is 868. The molecule has 0 radical (unpaired) electrons. The molecule has 0 bridgehead atoms. The molecule has 0 aliphatic carbocycles. The number of rotatable bonds is 11. The number of nitrogens with zero attached hydrogens (tertiary/aromatic N) is 4. The molecule has 2 N–H and O–H groups in total. The van der Waals surface area contributed by atoms with Gasteiger partial charge in [-0.05, 0) is 25.0 Å². The SMILES string of the molecule is CC.CCCN(CCC)c1nc(OCCN2CCOCC2)cc(C(=O)Nc2cccc(O)c2)n1. The summed E-state index contributed by atoms with van der Waals surface area (Å²) in [5.41, 5.74) is 0.709. The second-order valence-electron chi connectivity index (χ2n) is 7.69. The Labute approximate surface area is 203 Å². The van der Waals surface area contributed by atoms with E-state index in [0.717, 1.165) is 58.8 Å². The van der Waals surface area contributed by atoms with Crippen LogP contribution in [0.4, 0.5) is 11.6 Å². The quantitative estimate of drug-likeness (QED) is 0.508. The van der Waals surface area contributed by atoms with Gasteiger partial charge in [0.15, 0.2) is 0 Å². The molecule has 1 amide bonds. The largest absolute Gasteiger partial charge is 0.508 e. The molecule has 2 aromatic rings. The number of benzene rings is 1. The molecule has 2 heterocycles. The van der Waals surface area contributed by atoms with Gasteiger partial charge in [0, 0.05) is 50.5 Å². The lowest BCUT2D eigenvalue weighted by molar-refractivity contribution is 0.0320. The maximum Gasteiger partial charge on any atom is 0.274 e. The van der Waals surface area contributed by atoms with Crippen LogP contribution in [0.15, 0.2) is 30.3 Å². The first-order valence-electron chi connectivity index (χ1n) is 12.3. The fourth-order valence-corrected chi connectivity index (χ4v) is 3.48. The average molecular weight is 474 g/mol. The molecular formula is C25H39N5O4. The van der Waals surface area contributed by atoms with Gasteiger partial charge in [-0.3, -0.25) is 9.69 Å². The predicted octanol–water partition coefficient (Wildman–Crippen LogP) is 3.80. The van der Waals surface area contributed by atoms with Crippen LogP contribution in [0.25, 0.3) is 0 Å². The lowest BCUT2D eigenvalue weighted by Gasteiger charge is -2.26. The highest BCUT2D eigenvalue weighted by Crippen LogP contribution is 2.20. The molecule has 0 atom stereocenters. The van der Waals surface area contributed by atoms with Gasteiger partial charge in [-0.1, -0.05) is 33.8 Å². The van der Waals surface area contributed by atoms with Crippen LogP contribution in [0.2, 0.25) is 0 Å². The number of hydrogen-bond acceptors (Lipinski definition) is 8. The predicted molar refractivity (Wildman–Crippen MR) is 135 cm³/mol. The molecule has 1 saturated heterocycles. The first kappa shape index (κ1) is 27.3. The minimum atomic E-state index is -0.384. The fourth-order valence-electron chi connectivity index (χ4n) is 3.48. The number of phenolic OH excluding ortho intramolecular Hbond substituents is 1. The summed E-state index contributed by atoms with van der Waals surface area (Å²) in [5.74, 6) is 0.556. The zero-order valence-electron chi connectivity index (χ0n) is 20.9. The summed E-state index contributed by atoms with van der Waals surface area (Å²) in [7, 11) is 0. The van der Waals surface area contributed by atoms with E-state index in [0.29, 0.717) is 24.1 Å². The van der Waals surface area contributed by atoms with E-state index in [1.54, 1.807) is 24.3 Å². The van der Waals surface area contributed by atoms with Gasteiger partial charge in [0.2, 0.25) is 11.8 Å². The second-order valence-corrected chi connectivity index (χ2v) is 7.69. The normalized spacial score (nSPS) is 13.5. The van der Waals surface area contributed by atoms with Crippen molar-refractivity contribution in [2.24, 2.45) is 0 Å². The van der Waals surface area contributed by atoms with Crippen molar-refractivity contribution in [1.29, 1.82) is 0 Å². The van der Waals surface area contributed by atoms with E-state index >= 15 is 0 Å². The molecule has 1 aromatic heterocycles. The van der Waals surface area contributed by atoms with E-state index in [2.05, 4.69) is 38.9 Å². The third kappa shape index (κ3) is 8.79. The van der Waals surface area contributed by atoms with Crippen LogP contribution in [0, 0.1) is 0 Å². The number of nitrogens with one attached hydrogen (secondary N) is 1. The van der Waals surface area contributed by atoms with Gasteiger partial charge >= 0.3 is 0 Å². The summed E-state index contributed by atoms with van der Waals surface area (Å²) in [6.45, 7) is 14.2. The molecule has 9 heteroatoms. The Hall–Kier alpha value is -2.91. The van der Waals surface area contributed by atoms with Gasteiger partial charge in [0.1, 0.15) is 18.1 Å². The van der Waals surface area contributed by atoms with Crippen LogP contribution in [-0.4, -0.2) is 78.4 Å². The van der Waals surface area contributed by atoms with Gasteiger partial charge < -0.3 is 24.8 Å². The maximum atomic E-state index is 12.9. The van der Waals surface area contributed by atoms with E-state index < -0.39 is 0 Å². The molecule has 9 nitrogen and oxygen atoms in total. The third-order valence-electron chi connectivity index (χ3n) is 5.06. The molecule has 188 valence electrons. The number of carbonyl (C=O) groups is 1. The van der Waals surface area contributed by atoms with Crippen molar-refractivity contribution in [1.82, 2.24) is 14.9 Å². The number of carbonyl (C=O) groups excluding carboxylic acids is 1. The Kier molecular flexibility index (Phi) is 12.1. The zero-order valence-corrected chi connectivity index (χ0v) is 20.9. The molecule has 3 rings (SSSR count). The third-order valence-corrected chi connectivity index (χ3v) is 5.06. The Morgan fingerprint density at radius 2 is 1.85 bits per heavy atom. The number of hydrogen-bond donors (Lipinski definition) is 2. The van der Waals surface area contributed by atoms with Crippen LogP contribution in [0.1, 0.15) is 51.0 Å². The van der Waals surface area contributed by atoms with E-state index in [1.807, 2.05) is 13.8 Å². The number of anilines is 2. The van der Waals surface area contributed by atoms with Gasteiger partial charge in [-0.25, -0.2) is 4.98 Å². The highest BCUT2D eigenvalue weighted by molar-refractivity contribution is 6.03. The summed E-state index contributed by atoms with van der Waals surface area (Å²) < 4.78 is 11.3. The Morgan fingerprint density at radius 1 is 1.15 bits per heavy atom. The van der Waals surface area contributed by atoms with Gasteiger partial charge in [-0.2, -0.15) is 4.98 Å². The van der Waals surface area contributed by atoms with E-state index in [-0.39, 0.29) is 17.4 Å². The number of aromatic hydroxyl groups is 1. The highest BCUT2D eigenvalue weighted by Gasteiger charge is 2.17. The minimum Gasteiger partial charge on any atom is -0.508 e. The lowest BCUT2D eigenvalue weighted by Crippen LogP contribution is -2.38. The van der Waals surface area contributed by atoms with Crippen molar-refractivity contribution in [2.75, 3.05) is 62.8 Å². The fraction of sp³-hybridized carbons (Fsp3) is 0.560. The molecule has 1 aliphatic rings. The van der Waals surface area contributed by atoms with Crippen LogP contribution in [-0.2, 0) is 4.74 Å². The summed E-state index contributed by atoms with van der Waals surface area (Å²) in [5, 5.41) is 12.4. The van der Waals surface area contributed by atoms with Crippen molar-refractivity contribution in [3.8, 4) is 11.6 Å². The molecule has 0 spiro atoms. The molecular weight excluding hydrogens is 434 g/mol. The molecule has 0 saturated carbocycles. The molecule has 1 aromatic carbocycles. The maximum absolute atomic E-state index is 12.9. The number of morpholine rings is 1. The topological polar surface area (TPSA) is 100 Å². The van der Waals surface area contributed by atoms with Crippen molar-refractivity contribution >= 4 is 17.5 Å². The monoisotopic (exact) mass is 473 g/mol. The standard InChI is InChI=1S/C23H33N5O4.C2H6/c1-3-8-28(9-4-2)23-25-20(22(30)24-18-6-5-7-19(29)16-18)17-21(26-23)32-15-12-27-10-13-31-14-11-27;1-2/h5-7,16-17,29H,3-4,8-15H2,1-2H3,(H,24,30);1-2H3. The Morgan fingerprint density at radius 3 is 2.50 bits per heavy atom. The Balaban J connectivity index is 0.00000199. The van der Waals surface area contributed by atoms with Crippen molar-refractivity contribution in [3.63, 3.8) is 0 Å². The van der Waals surface area contributed by atoms with Gasteiger partial charge in [0.25, 0.3) is 5.91 Å². The number of aromatic nitrogens is 2. The van der Waals surface area contributed by atoms with E-state index in [9.17, 15) is 9.90 Å². The van der Waals surface area contributed by atoms with Crippen molar-refractivity contribution < 1.29 is 19.4 Å². The summed E-state index contributed by atoms with van der Waals surface area (Å²) in [4.78, 5) is 26.4. The van der Waals surface area contributed by atoms with Crippen LogP contribution in [0.5, 0.6) is 11.6 Å². The first-order valence-corrected chi connectivity index (χ1v) is 12.3. The van der Waals surface area contributed by atoms with Crippen LogP contribution < -0.4 is 15.0 Å². The molecule has 1 fully saturated rings. The van der Waals surface area contributed by atoms with Crippen LogP contribution >= 0.6 is 0 Å². The lowest BCUT2D eigenvalue weighted by atomic mass is 10.3. The zero-order chi connectivity index (χ0) is 24.8. The average Bonchev–Trinajstić information content (AvgIpc) is 2.86. The molecule has 34 heavy (non-hydrogen) atoms. The number of amides is 1. The highest BCUT2D eigenvalue weighted by atomic mass is 16.5. The van der Waals surface area contributed by atoms with Gasteiger partial charge in [0.05, 0.1) is 13.2 Å². The van der Waals surface area contributed by atoms with E-state index in [1.165, 1.54) is 6.07 Å². The van der Waals surface area contributed by atoms with Crippen molar-refractivity contribution in [2.45, 2.75) is 40.5 Å². The van der Waals surface area contributed by atoms with Gasteiger partial charge in [-0.15, -0.1) is 0 Å². The van der Waals surface area contributed by atoms with Crippen LogP contribution in [0.3, 0.4) is 0 Å². The number of ether oxygens (including phenoxy) is 2. The second kappa shape index (κ2) is 15.1. The summed E-state index contributed by atoms with van der Waals surface area (Å²) in [6.07, 6.45) is 1.88. The smallest absolute Gasteiger partial charge is 0.274 e. The minimum absolute atomic E-state index is 0.0791.